The molecule has 0 aliphatic heterocycles. The summed E-state index contributed by atoms with van der Waals surface area (Å²) in [5, 5.41) is 9.79. The van der Waals surface area contributed by atoms with Crippen LogP contribution in [0.1, 0.15) is 290 Å². The highest BCUT2D eigenvalue weighted by Crippen LogP contribution is 2.43. The van der Waals surface area contributed by atoms with Gasteiger partial charge in [0, 0.05) is 19.3 Å². The number of ether oxygens (including phenoxy) is 3. The van der Waals surface area contributed by atoms with Crippen molar-refractivity contribution in [1.82, 2.24) is 0 Å². The molecule has 0 radical (unpaired) electrons. The van der Waals surface area contributed by atoms with Crippen LogP contribution in [0.5, 0.6) is 0 Å². The number of phosphoric ester groups is 1. The van der Waals surface area contributed by atoms with Crippen LogP contribution < -0.4 is 0 Å². The summed E-state index contributed by atoms with van der Waals surface area (Å²) in [7, 11) is -4.74. The van der Waals surface area contributed by atoms with Gasteiger partial charge in [-0.2, -0.15) is 0 Å². The van der Waals surface area contributed by atoms with Gasteiger partial charge in [0.2, 0.25) is 0 Å². The normalized spacial score (nSPS) is 13.5. The van der Waals surface area contributed by atoms with Crippen molar-refractivity contribution in [1.29, 1.82) is 0 Å². The van der Waals surface area contributed by atoms with E-state index in [1.165, 1.54) is 161 Å². The Kier molecular flexibility index (Phi) is 51.7. The van der Waals surface area contributed by atoms with Crippen molar-refractivity contribution >= 4 is 25.7 Å². The lowest BCUT2D eigenvalue weighted by Gasteiger charge is -2.21. The Morgan fingerprint density at radius 3 is 1.09 bits per heavy atom. The van der Waals surface area contributed by atoms with E-state index in [2.05, 4.69) is 45.1 Å². The molecule has 0 amide bonds. The van der Waals surface area contributed by atoms with Crippen LogP contribution in [0.15, 0.2) is 24.3 Å². The molecule has 0 heterocycles. The number of phosphoric acid groups is 1. The Labute approximate surface area is 429 Å². The molecule has 0 fully saturated rings. The first-order chi connectivity index (χ1) is 34.2. The molecule has 11 nitrogen and oxygen atoms in total. The zero-order chi connectivity index (χ0) is 51.3. The Morgan fingerprint density at radius 1 is 0.400 bits per heavy atom. The standard InChI is InChI=1S/C58H109O11P/c1-4-7-10-13-16-19-22-24-26-27-29-30-33-35-38-41-44-47-56(60)65-51-55(69-58(62)49-46-43-40-37-34-31-28-25-23-20-17-14-11-8-5-2)53-67-70(63,64)66-52-54(50-59)68-57(61)48-45-42-39-36-32-21-18-15-12-9-6-3/h16,19,24,26,54-55,59H,4-15,17-18,20-23,25,27-53H2,1-3H3,(H,63,64)/b19-16-,26-24-. The van der Waals surface area contributed by atoms with Crippen LogP contribution in [0.3, 0.4) is 0 Å². The average molecular weight is 1010 g/mol. The molecule has 0 aromatic carbocycles. The van der Waals surface area contributed by atoms with E-state index < -0.39 is 57.8 Å². The van der Waals surface area contributed by atoms with Crippen molar-refractivity contribution in [2.75, 3.05) is 26.4 Å². The maximum atomic E-state index is 12.9. The number of rotatable bonds is 55. The molecule has 3 atom stereocenters. The molecule has 0 spiro atoms. The predicted molar refractivity (Wildman–Crippen MR) is 289 cm³/mol. The summed E-state index contributed by atoms with van der Waals surface area (Å²) in [5.41, 5.74) is 0. The van der Waals surface area contributed by atoms with Gasteiger partial charge in [-0.1, -0.05) is 244 Å². The highest BCUT2D eigenvalue weighted by Gasteiger charge is 2.28. The van der Waals surface area contributed by atoms with Gasteiger partial charge in [0.05, 0.1) is 19.8 Å². The van der Waals surface area contributed by atoms with Crippen LogP contribution in [-0.2, 0) is 42.2 Å². The van der Waals surface area contributed by atoms with Crippen LogP contribution >= 0.6 is 7.82 Å². The minimum absolute atomic E-state index is 0.173. The lowest BCUT2D eigenvalue weighted by molar-refractivity contribution is -0.161. The van der Waals surface area contributed by atoms with Gasteiger partial charge < -0.3 is 24.2 Å². The molecule has 12 heteroatoms. The van der Waals surface area contributed by atoms with Crippen molar-refractivity contribution in [3.63, 3.8) is 0 Å². The van der Waals surface area contributed by atoms with E-state index in [9.17, 15) is 28.9 Å². The van der Waals surface area contributed by atoms with Crippen LogP contribution in [0.4, 0.5) is 0 Å². The molecule has 412 valence electrons. The van der Waals surface area contributed by atoms with E-state index in [-0.39, 0.29) is 25.9 Å². The Balaban J connectivity index is 4.69. The summed E-state index contributed by atoms with van der Waals surface area (Å²) < 4.78 is 39.5. The largest absolute Gasteiger partial charge is 0.472 e. The molecule has 0 bridgehead atoms. The Hall–Kier alpha value is -2.04. The first kappa shape index (κ1) is 68.0. The first-order valence-corrected chi connectivity index (χ1v) is 30.7. The van der Waals surface area contributed by atoms with Crippen LogP contribution in [-0.4, -0.2) is 66.5 Å². The second-order valence-corrected chi connectivity index (χ2v) is 21.3. The van der Waals surface area contributed by atoms with Gasteiger partial charge in [-0.3, -0.25) is 23.4 Å². The molecule has 0 aliphatic rings. The Bertz CT molecular complexity index is 1270. The van der Waals surface area contributed by atoms with Crippen LogP contribution in [0.2, 0.25) is 0 Å². The van der Waals surface area contributed by atoms with Crippen molar-refractivity contribution in [3.05, 3.63) is 24.3 Å². The fourth-order valence-electron chi connectivity index (χ4n) is 8.39. The highest BCUT2D eigenvalue weighted by atomic mass is 31.2. The van der Waals surface area contributed by atoms with Crippen LogP contribution in [0.25, 0.3) is 0 Å². The van der Waals surface area contributed by atoms with E-state index >= 15 is 0 Å². The van der Waals surface area contributed by atoms with Gasteiger partial charge in [0.25, 0.3) is 0 Å². The first-order valence-electron chi connectivity index (χ1n) is 29.2. The quantitative estimate of drug-likeness (QED) is 0.0197. The van der Waals surface area contributed by atoms with Crippen molar-refractivity contribution in [2.24, 2.45) is 0 Å². The molecule has 0 aromatic rings. The van der Waals surface area contributed by atoms with Gasteiger partial charge in [-0.25, -0.2) is 4.57 Å². The number of aliphatic hydroxyl groups excluding tert-OH is 1. The van der Waals surface area contributed by atoms with Gasteiger partial charge in [-0.05, 0) is 51.4 Å². The maximum absolute atomic E-state index is 12.9. The third-order valence-corrected chi connectivity index (χ3v) is 13.8. The number of carbonyl (C=O) groups excluding carboxylic acids is 3. The number of unbranched alkanes of at least 4 members (excludes halogenated alkanes) is 34. The topological polar surface area (TPSA) is 155 Å². The zero-order valence-electron chi connectivity index (χ0n) is 45.5. The smallest absolute Gasteiger partial charge is 0.462 e. The summed E-state index contributed by atoms with van der Waals surface area (Å²) in [6.07, 6.45) is 52.7. The molecule has 0 saturated heterocycles. The van der Waals surface area contributed by atoms with E-state index in [0.29, 0.717) is 19.3 Å². The molecule has 3 unspecified atom stereocenters. The van der Waals surface area contributed by atoms with Crippen LogP contribution in [0, 0.1) is 0 Å². The SMILES string of the molecule is CCCCC/C=C\C/C=C\CCCCCCCCCC(=O)OCC(COP(=O)(O)OCC(CO)OC(=O)CCCCCCCCCCCCC)OC(=O)CCCCCCCCCCCCCCCCC. The summed E-state index contributed by atoms with van der Waals surface area (Å²) in [5.74, 6) is -1.45. The maximum Gasteiger partial charge on any atom is 0.472 e. The van der Waals surface area contributed by atoms with E-state index in [1.807, 2.05) is 0 Å². The number of aliphatic hydroxyl groups is 1. The van der Waals surface area contributed by atoms with Gasteiger partial charge >= 0.3 is 25.7 Å². The number of allylic oxidation sites excluding steroid dienone is 4. The number of carbonyl (C=O) groups is 3. The van der Waals surface area contributed by atoms with Crippen molar-refractivity contribution in [2.45, 2.75) is 303 Å². The molecule has 0 saturated carbocycles. The summed E-state index contributed by atoms with van der Waals surface area (Å²) in [6, 6.07) is 0. The zero-order valence-corrected chi connectivity index (χ0v) is 46.4. The molecule has 0 rings (SSSR count). The minimum atomic E-state index is -4.74. The van der Waals surface area contributed by atoms with Crippen molar-refractivity contribution in [3.8, 4) is 0 Å². The second-order valence-electron chi connectivity index (χ2n) is 19.8. The third kappa shape index (κ3) is 50.9. The summed E-state index contributed by atoms with van der Waals surface area (Å²) >= 11 is 0. The lowest BCUT2D eigenvalue weighted by Crippen LogP contribution is -2.30. The predicted octanol–water partition coefficient (Wildman–Crippen LogP) is 17.0. The van der Waals surface area contributed by atoms with E-state index in [0.717, 1.165) is 70.6 Å². The highest BCUT2D eigenvalue weighted by molar-refractivity contribution is 7.47. The van der Waals surface area contributed by atoms with E-state index in [4.69, 9.17) is 23.3 Å². The second kappa shape index (κ2) is 53.3. The minimum Gasteiger partial charge on any atom is -0.462 e. The average Bonchev–Trinajstić information content (AvgIpc) is 3.35. The number of hydrogen-bond donors (Lipinski definition) is 2. The Morgan fingerprint density at radius 2 is 0.700 bits per heavy atom. The molecular weight excluding hydrogens is 904 g/mol. The summed E-state index contributed by atoms with van der Waals surface area (Å²) in [6.45, 7) is 4.65. The molecular formula is C58H109O11P. The number of esters is 3. The molecule has 0 aromatic heterocycles. The van der Waals surface area contributed by atoms with Crippen molar-refractivity contribution < 1.29 is 52.2 Å². The molecule has 0 aliphatic carbocycles. The van der Waals surface area contributed by atoms with Gasteiger partial charge in [-0.15, -0.1) is 0 Å². The fourth-order valence-corrected chi connectivity index (χ4v) is 9.17. The lowest BCUT2D eigenvalue weighted by atomic mass is 10.0. The molecule has 2 N–H and O–H groups in total. The fraction of sp³-hybridized carbons (Fsp3) is 0.879. The molecule has 70 heavy (non-hydrogen) atoms. The van der Waals surface area contributed by atoms with Gasteiger partial charge in [0.1, 0.15) is 12.7 Å². The third-order valence-electron chi connectivity index (χ3n) is 12.9. The summed E-state index contributed by atoms with van der Waals surface area (Å²) in [4.78, 5) is 48.5. The number of hydrogen-bond acceptors (Lipinski definition) is 10. The monoisotopic (exact) mass is 1010 g/mol. The van der Waals surface area contributed by atoms with Gasteiger partial charge in [0.15, 0.2) is 6.10 Å². The van der Waals surface area contributed by atoms with E-state index in [1.54, 1.807) is 0 Å².